The van der Waals surface area contributed by atoms with Crippen molar-refractivity contribution in [1.29, 1.82) is 0 Å². The zero-order valence-corrected chi connectivity index (χ0v) is 9.25. The van der Waals surface area contributed by atoms with Gasteiger partial charge in [0.2, 0.25) is 0 Å². The summed E-state index contributed by atoms with van der Waals surface area (Å²) in [5.74, 6) is -4.14. The molecular formula is C10H14F4N2O. The fraction of sp³-hybridized carbons (Fsp3) is 0.700. The zero-order chi connectivity index (χ0) is 13.1. The van der Waals surface area contributed by atoms with Crippen molar-refractivity contribution in [2.45, 2.75) is 38.0 Å². The maximum Gasteiger partial charge on any atom is 0.330 e. The second kappa shape index (κ2) is 5.59. The van der Waals surface area contributed by atoms with E-state index in [0.717, 1.165) is 5.57 Å². The Morgan fingerprint density at radius 2 is 2.24 bits per heavy atom. The van der Waals surface area contributed by atoms with Crippen LogP contribution in [0.5, 0.6) is 0 Å². The van der Waals surface area contributed by atoms with Crippen LogP contribution in [0.25, 0.3) is 0 Å². The molecular weight excluding hydrogens is 240 g/mol. The lowest BCUT2D eigenvalue weighted by Gasteiger charge is -2.21. The van der Waals surface area contributed by atoms with E-state index in [-0.39, 0.29) is 12.5 Å². The average molecular weight is 254 g/mol. The van der Waals surface area contributed by atoms with Gasteiger partial charge in [0, 0.05) is 18.7 Å². The Morgan fingerprint density at radius 3 is 2.65 bits per heavy atom. The van der Waals surface area contributed by atoms with Gasteiger partial charge in [-0.25, -0.2) is 8.78 Å². The highest BCUT2D eigenvalue weighted by Gasteiger charge is 2.41. The summed E-state index contributed by atoms with van der Waals surface area (Å²) < 4.78 is 53.4. The van der Waals surface area contributed by atoms with Crippen LogP contribution in [0.1, 0.15) is 13.3 Å². The first-order valence-corrected chi connectivity index (χ1v) is 5.09. The van der Waals surface area contributed by atoms with Crippen molar-refractivity contribution in [3.8, 4) is 0 Å². The minimum Gasteiger partial charge on any atom is -0.350 e. The third kappa shape index (κ3) is 4.08. The number of ether oxygens (including phenoxy) is 1. The van der Waals surface area contributed by atoms with Gasteiger partial charge >= 0.3 is 12.3 Å². The third-order valence-corrected chi connectivity index (χ3v) is 2.26. The molecule has 0 aliphatic carbocycles. The van der Waals surface area contributed by atoms with Crippen LogP contribution in [0.4, 0.5) is 17.6 Å². The summed E-state index contributed by atoms with van der Waals surface area (Å²) in [7, 11) is 0. The van der Waals surface area contributed by atoms with Crippen LogP contribution in [-0.4, -0.2) is 37.4 Å². The molecule has 2 unspecified atom stereocenters. The first kappa shape index (κ1) is 14.1. The van der Waals surface area contributed by atoms with Crippen molar-refractivity contribution in [2.75, 3.05) is 6.61 Å². The van der Waals surface area contributed by atoms with Gasteiger partial charge in [-0.15, -0.1) is 0 Å². The number of dihydropyridines is 1. The molecule has 1 rings (SSSR count). The first-order chi connectivity index (χ1) is 7.83. The zero-order valence-electron chi connectivity index (χ0n) is 9.25. The monoisotopic (exact) mass is 254 g/mol. The summed E-state index contributed by atoms with van der Waals surface area (Å²) >= 11 is 0. The van der Waals surface area contributed by atoms with Crippen molar-refractivity contribution in [1.82, 2.24) is 0 Å². The minimum absolute atomic E-state index is 0.206. The van der Waals surface area contributed by atoms with E-state index in [2.05, 4.69) is 9.73 Å². The number of aliphatic imine (C=N–C) groups is 1. The summed E-state index contributed by atoms with van der Waals surface area (Å²) in [4.78, 5) is 3.82. The fourth-order valence-corrected chi connectivity index (χ4v) is 1.20. The average Bonchev–Trinajstić information content (AvgIpc) is 2.27. The van der Waals surface area contributed by atoms with Crippen molar-refractivity contribution in [3.63, 3.8) is 0 Å². The molecule has 2 atom stereocenters. The molecule has 0 fully saturated rings. The van der Waals surface area contributed by atoms with Crippen LogP contribution in [0.3, 0.4) is 0 Å². The van der Waals surface area contributed by atoms with Gasteiger partial charge in [-0.2, -0.15) is 8.78 Å². The molecule has 1 heterocycles. The topological polar surface area (TPSA) is 47.6 Å². The number of hydrogen-bond acceptors (Lipinski definition) is 3. The Bertz CT molecular complexity index is 315. The maximum atomic E-state index is 12.5. The molecule has 0 amide bonds. The highest BCUT2D eigenvalue weighted by atomic mass is 19.3. The second-order valence-corrected chi connectivity index (χ2v) is 3.83. The predicted octanol–water partition coefficient (Wildman–Crippen LogP) is 1.98. The molecule has 17 heavy (non-hydrogen) atoms. The van der Waals surface area contributed by atoms with Gasteiger partial charge in [-0.05, 0) is 12.5 Å². The van der Waals surface area contributed by atoms with Crippen LogP contribution in [0.15, 0.2) is 16.6 Å². The highest BCUT2D eigenvalue weighted by Crippen LogP contribution is 2.24. The van der Waals surface area contributed by atoms with E-state index in [9.17, 15) is 17.6 Å². The summed E-state index contributed by atoms with van der Waals surface area (Å²) in [5.41, 5.74) is 6.34. The highest BCUT2D eigenvalue weighted by molar-refractivity contribution is 5.80. The smallest absolute Gasteiger partial charge is 0.330 e. The van der Waals surface area contributed by atoms with Gasteiger partial charge in [0.1, 0.15) is 6.61 Å². The summed E-state index contributed by atoms with van der Waals surface area (Å²) in [6, 6.07) is -0.206. The Labute approximate surface area is 96.3 Å². The number of nitrogens with zero attached hydrogens (tertiary/aromatic N) is 1. The van der Waals surface area contributed by atoms with Crippen molar-refractivity contribution >= 4 is 6.21 Å². The van der Waals surface area contributed by atoms with Gasteiger partial charge in [0.05, 0.1) is 0 Å². The lowest BCUT2D eigenvalue weighted by atomic mass is 10.1. The van der Waals surface area contributed by atoms with E-state index in [4.69, 9.17) is 5.73 Å². The molecule has 2 N–H and O–H groups in total. The molecule has 3 nitrogen and oxygen atoms in total. The van der Waals surface area contributed by atoms with E-state index in [1.165, 1.54) is 6.21 Å². The molecule has 1 aliphatic heterocycles. The molecule has 98 valence electrons. The second-order valence-electron chi connectivity index (χ2n) is 3.83. The molecule has 0 bridgehead atoms. The normalized spacial score (nSPS) is 22.8. The number of alkyl halides is 4. The number of hydrogen-bond donors (Lipinski definition) is 1. The number of halogens is 4. The molecule has 7 heteroatoms. The van der Waals surface area contributed by atoms with E-state index in [1.54, 1.807) is 13.0 Å². The van der Waals surface area contributed by atoms with E-state index in [1.807, 2.05) is 0 Å². The molecule has 0 aromatic heterocycles. The van der Waals surface area contributed by atoms with Crippen molar-refractivity contribution in [3.05, 3.63) is 11.6 Å². The van der Waals surface area contributed by atoms with Gasteiger partial charge in [-0.3, -0.25) is 4.99 Å². The minimum atomic E-state index is -4.14. The maximum absolute atomic E-state index is 12.5. The van der Waals surface area contributed by atoms with Crippen LogP contribution in [-0.2, 0) is 4.74 Å². The largest absolute Gasteiger partial charge is 0.350 e. The van der Waals surface area contributed by atoms with E-state index in [0.29, 0.717) is 0 Å². The van der Waals surface area contributed by atoms with Crippen LogP contribution in [0, 0.1) is 0 Å². The number of nitrogens with two attached hydrogens (primary N) is 1. The molecule has 0 radical (unpaired) electrons. The summed E-state index contributed by atoms with van der Waals surface area (Å²) in [5, 5.41) is 0. The Kier molecular flexibility index (Phi) is 4.64. The SMILES string of the molecule is CC(N)C1=CCC(OCC(F)(F)C(F)F)N=C1. The lowest BCUT2D eigenvalue weighted by molar-refractivity contribution is -0.175. The first-order valence-electron chi connectivity index (χ1n) is 5.09. The Hall–Kier alpha value is -0.950. The Morgan fingerprint density at radius 1 is 1.59 bits per heavy atom. The molecule has 0 saturated heterocycles. The fourth-order valence-electron chi connectivity index (χ4n) is 1.20. The van der Waals surface area contributed by atoms with Crippen molar-refractivity contribution in [2.24, 2.45) is 10.7 Å². The number of rotatable bonds is 5. The third-order valence-electron chi connectivity index (χ3n) is 2.26. The summed E-state index contributed by atoms with van der Waals surface area (Å²) in [6.07, 6.45) is -1.21. The van der Waals surface area contributed by atoms with Crippen LogP contribution < -0.4 is 5.73 Å². The molecule has 0 saturated carbocycles. The quantitative estimate of drug-likeness (QED) is 0.762. The molecule has 0 spiro atoms. The Balaban J connectivity index is 2.41. The van der Waals surface area contributed by atoms with Crippen LogP contribution >= 0.6 is 0 Å². The van der Waals surface area contributed by atoms with Gasteiger partial charge in [0.15, 0.2) is 6.23 Å². The molecule has 1 aliphatic rings. The molecule has 0 aromatic rings. The predicted molar refractivity (Wildman–Crippen MR) is 55.5 cm³/mol. The lowest BCUT2D eigenvalue weighted by Crippen LogP contribution is -2.34. The van der Waals surface area contributed by atoms with Gasteiger partial charge < -0.3 is 10.5 Å². The standard InChI is InChI=1S/C10H14F4N2O/c1-6(15)7-2-3-8(16-4-7)17-5-10(13,14)9(11)12/h2,4,6,8-9H,3,5,15H2,1H3. The van der Waals surface area contributed by atoms with E-state index < -0.39 is 25.2 Å². The van der Waals surface area contributed by atoms with Crippen LogP contribution in [0.2, 0.25) is 0 Å². The van der Waals surface area contributed by atoms with Gasteiger partial charge in [-0.1, -0.05) is 6.08 Å². The summed E-state index contributed by atoms with van der Waals surface area (Å²) in [6.45, 7) is 0.415. The van der Waals surface area contributed by atoms with Crippen molar-refractivity contribution < 1.29 is 22.3 Å². The molecule has 0 aromatic carbocycles. The van der Waals surface area contributed by atoms with Gasteiger partial charge in [0.25, 0.3) is 0 Å². The van der Waals surface area contributed by atoms with E-state index >= 15 is 0 Å².